The number of unbranched alkanes of at least 4 members (excludes halogenated alkanes) is 1. The van der Waals surface area contributed by atoms with Gasteiger partial charge in [-0.1, -0.05) is 37.1 Å². The van der Waals surface area contributed by atoms with Crippen molar-refractivity contribution in [3.05, 3.63) is 34.9 Å². The summed E-state index contributed by atoms with van der Waals surface area (Å²) < 4.78 is 5.52. The van der Waals surface area contributed by atoms with E-state index in [0.29, 0.717) is 0 Å². The minimum absolute atomic E-state index is 0.726. The van der Waals surface area contributed by atoms with Gasteiger partial charge < -0.3 is 15.4 Å². The number of hydrogen-bond donors (Lipinski definition) is 2. The van der Waals surface area contributed by atoms with E-state index in [1.807, 2.05) is 24.3 Å². The van der Waals surface area contributed by atoms with E-state index in [-0.39, 0.29) is 0 Å². The Morgan fingerprint density at radius 2 is 1.86 bits per heavy atom. The molecule has 0 unspecified atom stereocenters. The number of nitrogens with zero attached hydrogens (tertiary/aromatic N) is 1. The molecule has 1 aromatic carbocycles. The fourth-order valence-electron chi connectivity index (χ4n) is 1.74. The Balaban J connectivity index is 2.13. The van der Waals surface area contributed by atoms with Crippen LogP contribution in [0.3, 0.4) is 0 Å². The molecule has 1 aromatic rings. The lowest BCUT2D eigenvalue weighted by Crippen LogP contribution is -2.37. The van der Waals surface area contributed by atoms with Crippen LogP contribution in [0.25, 0.3) is 0 Å². The molecular formula is C16H26ClN3O. The van der Waals surface area contributed by atoms with Gasteiger partial charge in [0.1, 0.15) is 0 Å². The first-order valence-corrected chi connectivity index (χ1v) is 7.90. The number of hydrogen-bond acceptors (Lipinski definition) is 2. The van der Waals surface area contributed by atoms with E-state index in [1.54, 1.807) is 7.05 Å². The van der Waals surface area contributed by atoms with Crippen molar-refractivity contribution < 1.29 is 4.74 Å². The third-order valence-corrected chi connectivity index (χ3v) is 3.25. The van der Waals surface area contributed by atoms with Crippen LogP contribution < -0.4 is 10.6 Å². The molecule has 5 heteroatoms. The molecule has 0 aliphatic rings. The highest BCUT2D eigenvalue weighted by Gasteiger charge is 1.98. The quantitative estimate of drug-likeness (QED) is 0.418. The Bertz CT molecular complexity index is 406. The summed E-state index contributed by atoms with van der Waals surface area (Å²) >= 11 is 5.86. The summed E-state index contributed by atoms with van der Waals surface area (Å²) in [7, 11) is 1.77. The van der Waals surface area contributed by atoms with E-state index in [2.05, 4.69) is 22.5 Å². The largest absolute Gasteiger partial charge is 0.381 e. The van der Waals surface area contributed by atoms with Crippen LogP contribution in [0.4, 0.5) is 0 Å². The Hall–Kier alpha value is -1.26. The van der Waals surface area contributed by atoms with Gasteiger partial charge in [-0.25, -0.2) is 0 Å². The van der Waals surface area contributed by atoms with Crippen molar-refractivity contribution in [3.8, 4) is 0 Å². The number of aliphatic imine (C=N–C) groups is 1. The van der Waals surface area contributed by atoms with E-state index >= 15 is 0 Å². The monoisotopic (exact) mass is 311 g/mol. The minimum atomic E-state index is 0.726. The molecule has 0 aliphatic carbocycles. The van der Waals surface area contributed by atoms with Crippen LogP contribution in [0.1, 0.15) is 31.7 Å². The van der Waals surface area contributed by atoms with Crippen molar-refractivity contribution in [2.24, 2.45) is 4.99 Å². The van der Waals surface area contributed by atoms with Gasteiger partial charge in [-0.2, -0.15) is 0 Å². The Morgan fingerprint density at radius 1 is 1.14 bits per heavy atom. The van der Waals surface area contributed by atoms with Gasteiger partial charge in [0.15, 0.2) is 5.96 Å². The lowest BCUT2D eigenvalue weighted by atomic mass is 10.2. The molecule has 0 aromatic heterocycles. The number of nitrogens with one attached hydrogen (secondary N) is 2. The summed E-state index contributed by atoms with van der Waals surface area (Å²) in [6, 6.07) is 7.79. The molecule has 0 amide bonds. The number of rotatable bonds is 9. The number of benzene rings is 1. The average Bonchev–Trinajstić information content (AvgIpc) is 2.51. The highest BCUT2D eigenvalue weighted by Crippen LogP contribution is 2.08. The molecule has 0 saturated carbocycles. The fourth-order valence-corrected chi connectivity index (χ4v) is 1.86. The van der Waals surface area contributed by atoms with Gasteiger partial charge in [0.05, 0.1) is 0 Å². The fraction of sp³-hybridized carbons (Fsp3) is 0.562. The molecular weight excluding hydrogens is 286 g/mol. The van der Waals surface area contributed by atoms with Gasteiger partial charge >= 0.3 is 0 Å². The number of guanidine groups is 1. The maximum Gasteiger partial charge on any atom is 0.191 e. The molecule has 0 aliphatic heterocycles. The first-order valence-electron chi connectivity index (χ1n) is 7.53. The highest BCUT2D eigenvalue weighted by atomic mass is 35.5. The first kappa shape index (κ1) is 17.8. The third kappa shape index (κ3) is 8.58. The Labute approximate surface area is 132 Å². The van der Waals surface area contributed by atoms with Gasteiger partial charge in [0.25, 0.3) is 0 Å². The van der Waals surface area contributed by atoms with Crippen molar-refractivity contribution in [1.82, 2.24) is 10.6 Å². The molecule has 0 heterocycles. The average molecular weight is 312 g/mol. The Kier molecular flexibility index (Phi) is 9.66. The van der Waals surface area contributed by atoms with Crippen molar-refractivity contribution in [1.29, 1.82) is 0 Å². The zero-order chi connectivity index (χ0) is 15.3. The zero-order valence-corrected chi connectivity index (χ0v) is 13.7. The molecule has 0 spiro atoms. The second kappa shape index (κ2) is 11.4. The predicted octanol–water partition coefficient (Wildman–Crippen LogP) is 3.21. The van der Waals surface area contributed by atoms with Gasteiger partial charge in [-0.15, -0.1) is 0 Å². The second-order valence-corrected chi connectivity index (χ2v) is 5.23. The third-order valence-electron chi connectivity index (χ3n) is 3.00. The van der Waals surface area contributed by atoms with Gasteiger partial charge in [-0.05, 0) is 30.5 Å². The summed E-state index contributed by atoms with van der Waals surface area (Å²) in [6.45, 7) is 5.40. The standard InChI is InChI=1S/C16H26ClN3O/c1-3-4-11-21-12-5-10-19-16(18-2)20-13-14-6-8-15(17)9-7-14/h6-9H,3-5,10-13H2,1-2H3,(H2,18,19,20). The van der Waals surface area contributed by atoms with Gasteiger partial charge in [-0.3, -0.25) is 4.99 Å². The minimum Gasteiger partial charge on any atom is -0.381 e. The van der Waals surface area contributed by atoms with E-state index in [0.717, 1.165) is 50.1 Å². The van der Waals surface area contributed by atoms with Crippen molar-refractivity contribution >= 4 is 17.6 Å². The second-order valence-electron chi connectivity index (χ2n) is 4.80. The maximum atomic E-state index is 5.86. The molecule has 4 nitrogen and oxygen atoms in total. The van der Waals surface area contributed by atoms with Crippen LogP contribution in [0, 0.1) is 0 Å². The summed E-state index contributed by atoms with van der Waals surface area (Å²) in [5.74, 6) is 0.804. The SMILES string of the molecule is CCCCOCCCNC(=NC)NCc1ccc(Cl)cc1. The predicted molar refractivity (Wildman–Crippen MR) is 90.0 cm³/mol. The van der Waals surface area contributed by atoms with E-state index in [9.17, 15) is 0 Å². The lowest BCUT2D eigenvalue weighted by Gasteiger charge is -2.12. The van der Waals surface area contributed by atoms with Crippen molar-refractivity contribution in [3.63, 3.8) is 0 Å². The number of ether oxygens (including phenoxy) is 1. The van der Waals surface area contributed by atoms with Crippen LogP contribution in [-0.4, -0.2) is 32.8 Å². The molecule has 0 fully saturated rings. The van der Waals surface area contributed by atoms with Crippen LogP contribution >= 0.6 is 11.6 Å². The van der Waals surface area contributed by atoms with Crippen LogP contribution in [-0.2, 0) is 11.3 Å². The number of halogens is 1. The topological polar surface area (TPSA) is 45.6 Å². The molecule has 21 heavy (non-hydrogen) atoms. The van der Waals surface area contributed by atoms with E-state index in [4.69, 9.17) is 16.3 Å². The van der Waals surface area contributed by atoms with Crippen LogP contribution in [0.2, 0.25) is 5.02 Å². The molecule has 0 atom stereocenters. The molecule has 1 rings (SSSR count). The van der Waals surface area contributed by atoms with Gasteiger partial charge in [0.2, 0.25) is 0 Å². The smallest absolute Gasteiger partial charge is 0.191 e. The first-order chi connectivity index (χ1) is 10.3. The zero-order valence-electron chi connectivity index (χ0n) is 13.0. The molecule has 2 N–H and O–H groups in total. The summed E-state index contributed by atoms with van der Waals surface area (Å²) in [4.78, 5) is 4.20. The van der Waals surface area contributed by atoms with E-state index in [1.165, 1.54) is 12.0 Å². The molecule has 0 saturated heterocycles. The summed E-state index contributed by atoms with van der Waals surface area (Å²) in [5.41, 5.74) is 1.17. The van der Waals surface area contributed by atoms with Crippen molar-refractivity contribution in [2.45, 2.75) is 32.7 Å². The van der Waals surface area contributed by atoms with E-state index < -0.39 is 0 Å². The molecule has 0 radical (unpaired) electrons. The van der Waals surface area contributed by atoms with Gasteiger partial charge in [0, 0.05) is 38.4 Å². The molecule has 0 bridgehead atoms. The summed E-state index contributed by atoms with van der Waals surface area (Å²) in [6.07, 6.45) is 3.29. The normalized spacial score (nSPS) is 11.5. The summed E-state index contributed by atoms with van der Waals surface area (Å²) in [5, 5.41) is 7.30. The van der Waals surface area contributed by atoms with Crippen LogP contribution in [0.15, 0.2) is 29.3 Å². The van der Waals surface area contributed by atoms with Crippen molar-refractivity contribution in [2.75, 3.05) is 26.8 Å². The highest BCUT2D eigenvalue weighted by molar-refractivity contribution is 6.30. The Morgan fingerprint density at radius 3 is 2.52 bits per heavy atom. The lowest BCUT2D eigenvalue weighted by molar-refractivity contribution is 0.129. The maximum absolute atomic E-state index is 5.86. The molecule has 118 valence electrons. The van der Waals surface area contributed by atoms with Crippen LogP contribution in [0.5, 0.6) is 0 Å².